The van der Waals surface area contributed by atoms with Crippen molar-refractivity contribution in [1.82, 2.24) is 15.1 Å². The van der Waals surface area contributed by atoms with Crippen LogP contribution in [0.4, 0.5) is 5.69 Å². The number of rotatable bonds is 5. The summed E-state index contributed by atoms with van der Waals surface area (Å²) in [5, 5.41) is 17.2. The van der Waals surface area contributed by atoms with Crippen LogP contribution in [0.25, 0.3) is 5.69 Å². The van der Waals surface area contributed by atoms with Gasteiger partial charge in [-0.1, -0.05) is 30.3 Å². The topological polar surface area (TPSA) is 79.6 Å². The molecule has 5 rings (SSSR count). The number of aromatic nitrogens is 2. The van der Waals surface area contributed by atoms with E-state index in [1.54, 1.807) is 12.3 Å². The highest BCUT2D eigenvalue weighted by Crippen LogP contribution is 2.34. The number of allylic oxidation sites excluding steroid dienone is 3. The van der Waals surface area contributed by atoms with E-state index in [1.165, 1.54) is 0 Å². The summed E-state index contributed by atoms with van der Waals surface area (Å²) in [7, 11) is 0. The molecule has 0 bridgehead atoms. The zero-order valence-electron chi connectivity index (χ0n) is 17.5. The van der Waals surface area contributed by atoms with Gasteiger partial charge < -0.3 is 20.1 Å². The van der Waals surface area contributed by atoms with Crippen LogP contribution >= 0.6 is 0 Å². The van der Waals surface area contributed by atoms with E-state index < -0.39 is 6.10 Å². The third-order valence-corrected chi connectivity index (χ3v) is 5.63. The van der Waals surface area contributed by atoms with Gasteiger partial charge in [0.15, 0.2) is 6.10 Å². The normalized spacial score (nSPS) is 17.6. The molecule has 1 aliphatic heterocycles. The maximum Gasteiger partial charge on any atom is 0.267 e. The van der Waals surface area contributed by atoms with Crippen molar-refractivity contribution in [3.8, 4) is 11.4 Å². The molecule has 0 radical (unpaired) electrons. The van der Waals surface area contributed by atoms with E-state index >= 15 is 0 Å². The average Bonchev–Trinajstić information content (AvgIpc) is 3.36. The fourth-order valence-electron chi connectivity index (χ4n) is 3.97. The monoisotopic (exact) mass is 428 g/mol. The first-order valence-corrected chi connectivity index (χ1v) is 10.7. The predicted octanol–water partition coefficient (Wildman–Crippen LogP) is 3.88. The van der Waals surface area contributed by atoms with Crippen LogP contribution in [-0.4, -0.2) is 33.4 Å². The standard InChI is InChI=1S/C25H24N4O3/c30-22-8-3-1-6-20(22)27-25(31)24-17-28(21-7-2-4-9-23(21)32-24)16-18-10-12-19(13-11-18)29-15-5-14-26-29/h1-2,4-7,9-15,24,30H,3,8,16-17H2,(H,27,31). The number of amides is 1. The minimum atomic E-state index is -0.691. The first-order chi connectivity index (χ1) is 15.7. The van der Waals surface area contributed by atoms with E-state index in [4.69, 9.17) is 4.74 Å². The SMILES string of the molecule is O=C(NC1=C(O)CCC=C1)C1CN(Cc2ccc(-n3cccn3)cc2)c2ccccc2O1. The lowest BCUT2D eigenvalue weighted by molar-refractivity contribution is -0.127. The van der Waals surface area contributed by atoms with Gasteiger partial charge in [-0.15, -0.1) is 0 Å². The van der Waals surface area contributed by atoms with Crippen molar-refractivity contribution < 1.29 is 14.6 Å². The molecular formula is C25H24N4O3. The molecule has 1 atom stereocenters. The van der Waals surface area contributed by atoms with Gasteiger partial charge in [-0.05, 0) is 48.4 Å². The van der Waals surface area contributed by atoms with Crippen LogP contribution in [0.1, 0.15) is 18.4 Å². The Hall–Kier alpha value is -4.00. The van der Waals surface area contributed by atoms with Crippen LogP contribution in [0.5, 0.6) is 5.75 Å². The number of nitrogens with zero attached hydrogens (tertiary/aromatic N) is 3. The lowest BCUT2D eigenvalue weighted by Crippen LogP contribution is -2.48. The van der Waals surface area contributed by atoms with Gasteiger partial charge in [0, 0.05) is 25.4 Å². The van der Waals surface area contributed by atoms with Gasteiger partial charge in [0.25, 0.3) is 5.91 Å². The van der Waals surface area contributed by atoms with Crippen LogP contribution in [0.3, 0.4) is 0 Å². The predicted molar refractivity (Wildman–Crippen MR) is 122 cm³/mol. The molecule has 162 valence electrons. The lowest BCUT2D eigenvalue weighted by atomic mass is 10.1. The lowest BCUT2D eigenvalue weighted by Gasteiger charge is -2.35. The van der Waals surface area contributed by atoms with Crippen LogP contribution < -0.4 is 15.0 Å². The molecule has 2 aromatic carbocycles. The van der Waals surface area contributed by atoms with E-state index in [0.29, 0.717) is 31.0 Å². The summed E-state index contributed by atoms with van der Waals surface area (Å²) in [6.07, 6.45) is 7.95. The molecule has 7 nitrogen and oxygen atoms in total. The third-order valence-electron chi connectivity index (χ3n) is 5.63. The molecule has 1 aromatic heterocycles. The Balaban J connectivity index is 1.34. The number of ether oxygens (including phenoxy) is 1. The Labute approximate surface area is 186 Å². The molecule has 2 aliphatic rings. The molecule has 0 spiro atoms. The highest BCUT2D eigenvalue weighted by atomic mass is 16.5. The number of aliphatic hydroxyl groups excluding tert-OH is 1. The second-order valence-corrected chi connectivity index (χ2v) is 7.86. The molecule has 3 aromatic rings. The summed E-state index contributed by atoms with van der Waals surface area (Å²) >= 11 is 0. The summed E-state index contributed by atoms with van der Waals surface area (Å²) in [4.78, 5) is 15.1. The number of benzene rings is 2. The Bertz CT molecular complexity index is 1170. The Morgan fingerprint density at radius 3 is 2.78 bits per heavy atom. The summed E-state index contributed by atoms with van der Waals surface area (Å²) in [5.41, 5.74) is 3.51. The molecule has 7 heteroatoms. The van der Waals surface area contributed by atoms with Crippen molar-refractivity contribution in [2.75, 3.05) is 11.4 Å². The number of aliphatic hydroxyl groups is 1. The largest absolute Gasteiger partial charge is 0.510 e. The summed E-state index contributed by atoms with van der Waals surface area (Å²) in [6, 6.07) is 17.8. The number of carbonyl (C=O) groups excluding carboxylic acids is 1. The van der Waals surface area contributed by atoms with Crippen molar-refractivity contribution in [2.24, 2.45) is 0 Å². The van der Waals surface area contributed by atoms with Crippen molar-refractivity contribution in [3.05, 3.63) is 96.2 Å². The van der Waals surface area contributed by atoms with Gasteiger partial charge in [0.05, 0.1) is 23.6 Å². The van der Waals surface area contributed by atoms with Crippen LogP contribution in [0, 0.1) is 0 Å². The molecule has 1 amide bonds. The second kappa shape index (κ2) is 8.63. The molecule has 2 N–H and O–H groups in total. The Kier molecular flexibility index (Phi) is 5.37. The zero-order chi connectivity index (χ0) is 21.9. The molecule has 32 heavy (non-hydrogen) atoms. The van der Waals surface area contributed by atoms with Gasteiger partial charge in [0.1, 0.15) is 11.5 Å². The summed E-state index contributed by atoms with van der Waals surface area (Å²) < 4.78 is 7.83. The minimum absolute atomic E-state index is 0.200. The molecule has 1 aliphatic carbocycles. The van der Waals surface area contributed by atoms with E-state index in [-0.39, 0.29) is 11.7 Å². The van der Waals surface area contributed by atoms with Crippen molar-refractivity contribution in [3.63, 3.8) is 0 Å². The van der Waals surface area contributed by atoms with Crippen LogP contribution in [0.15, 0.2) is 90.6 Å². The van der Waals surface area contributed by atoms with Crippen LogP contribution in [0.2, 0.25) is 0 Å². The Morgan fingerprint density at radius 1 is 1.16 bits per heavy atom. The van der Waals surface area contributed by atoms with E-state index in [2.05, 4.69) is 27.4 Å². The van der Waals surface area contributed by atoms with Gasteiger partial charge >= 0.3 is 0 Å². The molecule has 1 unspecified atom stereocenters. The first-order valence-electron chi connectivity index (χ1n) is 10.7. The van der Waals surface area contributed by atoms with E-state index in [9.17, 15) is 9.90 Å². The zero-order valence-corrected chi connectivity index (χ0v) is 17.5. The maximum atomic E-state index is 12.9. The highest BCUT2D eigenvalue weighted by Gasteiger charge is 2.31. The first kappa shape index (κ1) is 19.9. The van der Waals surface area contributed by atoms with Gasteiger partial charge in [-0.3, -0.25) is 4.79 Å². The number of hydrogen-bond acceptors (Lipinski definition) is 5. The number of para-hydroxylation sites is 2. The van der Waals surface area contributed by atoms with Gasteiger partial charge in [-0.25, -0.2) is 4.68 Å². The summed E-state index contributed by atoms with van der Waals surface area (Å²) in [5.74, 6) is 0.599. The average molecular weight is 428 g/mol. The van der Waals surface area contributed by atoms with Crippen molar-refractivity contribution in [1.29, 1.82) is 0 Å². The quantitative estimate of drug-likeness (QED) is 0.645. The molecule has 2 heterocycles. The number of nitrogens with one attached hydrogen (secondary N) is 1. The van der Waals surface area contributed by atoms with E-state index in [0.717, 1.165) is 23.4 Å². The van der Waals surface area contributed by atoms with Gasteiger partial charge in [0.2, 0.25) is 0 Å². The van der Waals surface area contributed by atoms with Crippen molar-refractivity contribution in [2.45, 2.75) is 25.5 Å². The van der Waals surface area contributed by atoms with Gasteiger partial charge in [-0.2, -0.15) is 5.10 Å². The van der Waals surface area contributed by atoms with E-state index in [1.807, 2.05) is 59.4 Å². The highest BCUT2D eigenvalue weighted by molar-refractivity contribution is 5.85. The second-order valence-electron chi connectivity index (χ2n) is 7.86. The molecule has 0 saturated carbocycles. The van der Waals surface area contributed by atoms with Crippen molar-refractivity contribution >= 4 is 11.6 Å². The molecule has 0 saturated heterocycles. The molecule has 0 fully saturated rings. The third kappa shape index (κ3) is 4.09. The smallest absolute Gasteiger partial charge is 0.267 e. The van der Waals surface area contributed by atoms with Crippen LogP contribution in [-0.2, 0) is 11.3 Å². The maximum absolute atomic E-state index is 12.9. The fraction of sp³-hybridized carbons (Fsp3) is 0.200. The number of carbonyl (C=O) groups is 1. The Morgan fingerprint density at radius 2 is 2.00 bits per heavy atom. The number of hydrogen-bond donors (Lipinski definition) is 2. The number of anilines is 1. The molecular weight excluding hydrogens is 404 g/mol. The number of fused-ring (bicyclic) bond motifs is 1. The summed E-state index contributed by atoms with van der Waals surface area (Å²) in [6.45, 7) is 1.04. The fourth-order valence-corrected chi connectivity index (χ4v) is 3.97. The minimum Gasteiger partial charge on any atom is -0.510 e.